The second-order valence-corrected chi connectivity index (χ2v) is 5.93. The van der Waals surface area contributed by atoms with E-state index < -0.39 is 0 Å². The molecule has 4 heteroatoms. The highest BCUT2D eigenvalue weighted by Crippen LogP contribution is 2.29. The molecule has 1 heterocycles. The molecule has 3 rings (SSSR count). The Hall–Kier alpha value is -3.23. The van der Waals surface area contributed by atoms with E-state index in [1.807, 2.05) is 12.3 Å². The van der Waals surface area contributed by atoms with Crippen molar-refractivity contribution in [1.82, 2.24) is 4.98 Å². The van der Waals surface area contributed by atoms with Gasteiger partial charge >= 0.3 is 6.15 Å². The van der Waals surface area contributed by atoms with Crippen LogP contribution in [0.2, 0.25) is 0 Å². The topological polar surface area (TPSA) is 56.3 Å². The summed E-state index contributed by atoms with van der Waals surface area (Å²) in [4.78, 5) is 20.6. The molecule has 0 atom stereocenters. The maximum absolute atomic E-state index is 8.12. The van der Waals surface area contributed by atoms with Gasteiger partial charge in [-0.25, -0.2) is 0 Å². The van der Waals surface area contributed by atoms with Crippen molar-refractivity contribution in [2.45, 2.75) is 27.4 Å². The number of aryl methyl sites for hydroxylation is 3. The summed E-state index contributed by atoms with van der Waals surface area (Å²) in [5.41, 5.74) is 6.96. The van der Waals surface area contributed by atoms with E-state index in [0.29, 0.717) is 6.61 Å². The van der Waals surface area contributed by atoms with Crippen LogP contribution in [0.3, 0.4) is 0 Å². The van der Waals surface area contributed by atoms with Crippen LogP contribution in [0.1, 0.15) is 22.4 Å². The fourth-order valence-corrected chi connectivity index (χ4v) is 2.64. The van der Waals surface area contributed by atoms with Crippen LogP contribution in [-0.4, -0.2) is 11.1 Å². The maximum Gasteiger partial charge on any atom is 0.373 e. The van der Waals surface area contributed by atoms with Gasteiger partial charge in [-0.15, -0.1) is 0 Å². The van der Waals surface area contributed by atoms with Crippen molar-refractivity contribution < 1.29 is 14.3 Å². The molecule has 26 heavy (non-hydrogen) atoms. The number of hydrogen-bond acceptors (Lipinski definition) is 4. The summed E-state index contributed by atoms with van der Waals surface area (Å²) in [7, 11) is 0. The summed E-state index contributed by atoms with van der Waals surface area (Å²) < 4.78 is 6.04. The molecule has 0 aliphatic rings. The van der Waals surface area contributed by atoms with Gasteiger partial charge in [0, 0.05) is 6.20 Å². The molecule has 1 aromatic heterocycles. The van der Waals surface area contributed by atoms with Crippen molar-refractivity contribution in [1.29, 1.82) is 0 Å². The Morgan fingerprint density at radius 1 is 0.885 bits per heavy atom. The molecule has 0 spiro atoms. The summed E-state index contributed by atoms with van der Waals surface area (Å²) in [6, 6.07) is 18.8. The van der Waals surface area contributed by atoms with E-state index in [2.05, 4.69) is 74.3 Å². The molecule has 132 valence electrons. The van der Waals surface area contributed by atoms with Gasteiger partial charge < -0.3 is 4.74 Å². The number of nitrogens with zero attached hydrogens (tertiary/aromatic N) is 1. The highest BCUT2D eigenvalue weighted by atomic mass is 16.5. The maximum atomic E-state index is 8.12. The van der Waals surface area contributed by atoms with Gasteiger partial charge in [-0.3, -0.25) is 4.98 Å². The minimum Gasteiger partial charge on any atom is -0.487 e. The van der Waals surface area contributed by atoms with Gasteiger partial charge in [0.1, 0.15) is 12.4 Å². The van der Waals surface area contributed by atoms with E-state index in [4.69, 9.17) is 14.3 Å². The average Bonchev–Trinajstić information content (AvgIpc) is 2.63. The summed E-state index contributed by atoms with van der Waals surface area (Å²) in [6.07, 6.45) is 2.06. The van der Waals surface area contributed by atoms with Crippen molar-refractivity contribution >= 4 is 6.15 Å². The monoisotopic (exact) mass is 347 g/mol. The number of hydrogen-bond donors (Lipinski definition) is 0. The van der Waals surface area contributed by atoms with E-state index in [1.165, 1.54) is 16.7 Å². The van der Waals surface area contributed by atoms with E-state index in [9.17, 15) is 0 Å². The quantitative estimate of drug-likeness (QED) is 0.688. The zero-order valence-corrected chi connectivity index (χ0v) is 15.2. The Morgan fingerprint density at radius 3 is 2.27 bits per heavy atom. The van der Waals surface area contributed by atoms with Crippen LogP contribution in [0, 0.1) is 20.8 Å². The third-order valence-electron chi connectivity index (χ3n) is 4.13. The lowest BCUT2D eigenvalue weighted by Gasteiger charge is -2.13. The fourth-order valence-electron chi connectivity index (χ4n) is 2.64. The van der Waals surface area contributed by atoms with Crippen LogP contribution in [-0.2, 0) is 16.2 Å². The number of ether oxygens (including phenoxy) is 1. The Labute approximate surface area is 153 Å². The summed E-state index contributed by atoms with van der Waals surface area (Å²) in [5, 5.41) is 0. The first-order valence-corrected chi connectivity index (χ1v) is 8.26. The van der Waals surface area contributed by atoms with Crippen molar-refractivity contribution in [3.05, 3.63) is 83.2 Å². The van der Waals surface area contributed by atoms with Crippen LogP contribution >= 0.6 is 0 Å². The summed E-state index contributed by atoms with van der Waals surface area (Å²) >= 11 is 0. The molecule has 0 N–H and O–H groups in total. The lowest BCUT2D eigenvalue weighted by molar-refractivity contribution is -0.191. The fraction of sp³-hybridized carbons (Fsp3) is 0.182. The number of aromatic nitrogens is 1. The highest BCUT2D eigenvalue weighted by molar-refractivity contribution is 5.69. The Morgan fingerprint density at radius 2 is 1.58 bits per heavy atom. The average molecular weight is 347 g/mol. The van der Waals surface area contributed by atoms with Gasteiger partial charge in [-0.1, -0.05) is 42.5 Å². The number of pyridine rings is 1. The Bertz CT molecular complexity index is 913. The van der Waals surface area contributed by atoms with Crippen LogP contribution < -0.4 is 4.74 Å². The van der Waals surface area contributed by atoms with Crippen LogP contribution in [0.5, 0.6) is 5.75 Å². The smallest absolute Gasteiger partial charge is 0.373 e. The minimum absolute atomic E-state index is 0.250. The third kappa shape index (κ3) is 4.88. The second kappa shape index (κ2) is 9.30. The van der Waals surface area contributed by atoms with Gasteiger partial charge in [0.05, 0.1) is 5.69 Å². The molecule has 0 aliphatic heterocycles. The Balaban J connectivity index is 0.000000758. The third-order valence-corrected chi connectivity index (χ3v) is 4.13. The largest absolute Gasteiger partial charge is 0.487 e. The first-order valence-electron chi connectivity index (χ1n) is 8.26. The molecular formula is C22H21NO3. The minimum atomic E-state index is 0.250. The molecule has 0 radical (unpaired) electrons. The first-order chi connectivity index (χ1) is 12.6. The molecular weight excluding hydrogens is 326 g/mol. The predicted molar refractivity (Wildman–Crippen MR) is 99.7 cm³/mol. The molecule has 4 nitrogen and oxygen atoms in total. The van der Waals surface area contributed by atoms with Gasteiger partial charge in [0.2, 0.25) is 0 Å². The van der Waals surface area contributed by atoms with Crippen LogP contribution in [0.4, 0.5) is 0 Å². The highest BCUT2D eigenvalue weighted by Gasteiger charge is 2.07. The summed E-state index contributed by atoms with van der Waals surface area (Å²) in [5.74, 6) is 0.913. The van der Waals surface area contributed by atoms with Crippen LogP contribution in [0.25, 0.3) is 11.1 Å². The normalized spacial score (nSPS) is 9.65. The van der Waals surface area contributed by atoms with Crippen molar-refractivity contribution in [3.63, 3.8) is 0 Å². The number of carbonyl (C=O) groups excluding carboxylic acids is 2. The van der Waals surface area contributed by atoms with Gasteiger partial charge in [-0.05, 0) is 60.7 Å². The predicted octanol–water partition coefficient (Wildman–Crippen LogP) is 4.67. The Kier molecular flexibility index (Phi) is 6.84. The van der Waals surface area contributed by atoms with Gasteiger partial charge in [-0.2, -0.15) is 9.59 Å². The SMILES string of the molecule is Cc1ccc(-c2ccccc2C)cc1OCc1ncccc1C.O=C=O. The standard InChI is InChI=1S/C21H21NO.CO2/c1-15-7-4-5-9-19(15)18-11-10-17(3)21(13-18)23-14-20-16(2)8-6-12-22-20;2-1-3/h4-13H,14H2,1-3H3;. The summed E-state index contributed by atoms with van der Waals surface area (Å²) in [6.45, 7) is 6.75. The molecule has 0 saturated heterocycles. The first kappa shape index (κ1) is 19.1. The van der Waals surface area contributed by atoms with Crippen molar-refractivity contribution in [3.8, 4) is 16.9 Å². The van der Waals surface area contributed by atoms with E-state index >= 15 is 0 Å². The van der Waals surface area contributed by atoms with Crippen molar-refractivity contribution in [2.75, 3.05) is 0 Å². The molecule has 0 bridgehead atoms. The molecule has 0 aliphatic carbocycles. The van der Waals surface area contributed by atoms with Gasteiger partial charge in [0.25, 0.3) is 0 Å². The molecule has 0 saturated carbocycles. The lowest BCUT2D eigenvalue weighted by Crippen LogP contribution is -2.01. The van der Waals surface area contributed by atoms with E-state index in [1.54, 1.807) is 0 Å². The molecule has 0 unspecified atom stereocenters. The van der Waals surface area contributed by atoms with E-state index in [0.717, 1.165) is 22.6 Å². The van der Waals surface area contributed by atoms with Gasteiger partial charge in [0.15, 0.2) is 0 Å². The lowest BCUT2D eigenvalue weighted by atomic mass is 9.99. The number of rotatable bonds is 4. The zero-order valence-electron chi connectivity index (χ0n) is 15.2. The molecule has 0 amide bonds. The molecule has 3 aromatic rings. The second-order valence-electron chi connectivity index (χ2n) is 5.93. The molecule has 0 fully saturated rings. The van der Waals surface area contributed by atoms with E-state index in [-0.39, 0.29) is 6.15 Å². The van der Waals surface area contributed by atoms with Crippen LogP contribution in [0.15, 0.2) is 60.8 Å². The molecule has 2 aromatic carbocycles. The zero-order chi connectivity index (χ0) is 18.9. The number of benzene rings is 2. The van der Waals surface area contributed by atoms with Crippen molar-refractivity contribution in [2.24, 2.45) is 0 Å².